The Bertz CT molecular complexity index is 1390. The Morgan fingerprint density at radius 1 is 1.25 bits per heavy atom. The van der Waals surface area contributed by atoms with E-state index in [0.29, 0.717) is 27.0 Å². The number of methoxy groups -OCH3 is 1. The van der Waals surface area contributed by atoms with Crippen molar-refractivity contribution in [1.82, 2.24) is 10.1 Å². The first kappa shape index (κ1) is 25.7. The number of esters is 1. The van der Waals surface area contributed by atoms with Crippen LogP contribution in [0, 0.1) is 0 Å². The number of carbonyl (C=O) groups is 2. The van der Waals surface area contributed by atoms with Crippen LogP contribution < -0.4 is 24.6 Å². The number of ether oxygens (including phenoxy) is 2. The molecule has 1 amide bonds. The molecular weight excluding hydrogens is 504 g/mol. The van der Waals surface area contributed by atoms with Gasteiger partial charge in [-0.1, -0.05) is 48.8 Å². The maximum atomic E-state index is 13.4. The first-order valence-corrected chi connectivity index (χ1v) is 12.8. The highest BCUT2D eigenvalue weighted by atomic mass is 35.5. The molecule has 9 nitrogen and oxygen atoms in total. The number of carbonyl (C=O) groups excluding carboxylic acids is 2. The summed E-state index contributed by atoms with van der Waals surface area (Å²) in [6, 6.07) is 10.2. The van der Waals surface area contributed by atoms with Crippen molar-refractivity contribution >= 4 is 40.9 Å². The Kier molecular flexibility index (Phi) is 7.65. The van der Waals surface area contributed by atoms with Crippen molar-refractivity contribution in [2.24, 2.45) is 0 Å². The molecule has 0 fully saturated rings. The largest absolute Gasteiger partial charge is 0.493 e. The van der Waals surface area contributed by atoms with Crippen LogP contribution in [0.4, 0.5) is 5.69 Å². The van der Waals surface area contributed by atoms with Gasteiger partial charge in [0.15, 0.2) is 11.5 Å². The zero-order valence-electron chi connectivity index (χ0n) is 20.3. The van der Waals surface area contributed by atoms with Crippen molar-refractivity contribution in [3.8, 4) is 22.8 Å². The standard InChI is InChI=1S/C25H25ClN4O5S/c1-5-6-11-36-25-27-23(33)21-17-9-7-8-10-19(17)29(14(2)31)24(30(21)28-25)18-12-16(26)13-20(34-4)22(18)35-15(3)32/h7-10,12-13,24H,5-6,11H2,1-4H3/p+1/t24-/m1/s1. The highest BCUT2D eigenvalue weighted by Crippen LogP contribution is 2.44. The summed E-state index contributed by atoms with van der Waals surface area (Å²) in [5.74, 6) is 0.174. The molecule has 0 bridgehead atoms. The highest BCUT2D eigenvalue weighted by Gasteiger charge is 2.47. The number of aromatic nitrogens is 3. The van der Waals surface area contributed by atoms with E-state index in [1.807, 2.05) is 0 Å². The number of H-pyrrole nitrogens is 1. The lowest BCUT2D eigenvalue weighted by atomic mass is 10.0. The van der Waals surface area contributed by atoms with Crippen LogP contribution in [0.2, 0.25) is 5.02 Å². The zero-order valence-corrected chi connectivity index (χ0v) is 21.9. The van der Waals surface area contributed by atoms with Crippen LogP contribution in [-0.2, 0) is 9.59 Å². The maximum absolute atomic E-state index is 13.4. The molecule has 0 radical (unpaired) electrons. The van der Waals surface area contributed by atoms with Crippen LogP contribution in [0.5, 0.6) is 11.5 Å². The molecule has 36 heavy (non-hydrogen) atoms. The molecule has 2 heterocycles. The van der Waals surface area contributed by atoms with Gasteiger partial charge in [-0.3, -0.25) is 19.4 Å². The van der Waals surface area contributed by atoms with Crippen molar-refractivity contribution in [2.75, 3.05) is 17.8 Å². The molecule has 0 unspecified atom stereocenters. The minimum atomic E-state index is -0.984. The lowest BCUT2D eigenvalue weighted by molar-refractivity contribution is -0.763. The molecule has 0 saturated carbocycles. The summed E-state index contributed by atoms with van der Waals surface area (Å²) in [6.07, 6.45) is 0.962. The average Bonchev–Trinajstić information content (AvgIpc) is 2.83. The van der Waals surface area contributed by atoms with E-state index in [2.05, 4.69) is 11.9 Å². The van der Waals surface area contributed by atoms with Gasteiger partial charge in [-0.15, -0.1) is 0 Å². The Balaban J connectivity index is 2.07. The number of hydrogen-bond acceptors (Lipinski definition) is 7. The molecule has 2 aromatic carbocycles. The molecule has 1 N–H and O–H groups in total. The summed E-state index contributed by atoms with van der Waals surface area (Å²) < 4.78 is 12.5. The average molecular weight is 530 g/mol. The fourth-order valence-corrected chi connectivity index (χ4v) is 5.31. The molecule has 0 aliphatic carbocycles. The van der Waals surface area contributed by atoms with Gasteiger partial charge in [0, 0.05) is 35.8 Å². The van der Waals surface area contributed by atoms with Gasteiger partial charge in [-0.25, -0.2) is 4.90 Å². The van der Waals surface area contributed by atoms with Crippen LogP contribution in [0.1, 0.15) is 45.3 Å². The van der Waals surface area contributed by atoms with Crippen LogP contribution >= 0.6 is 23.4 Å². The summed E-state index contributed by atoms with van der Waals surface area (Å²) >= 11 is 7.85. The summed E-state index contributed by atoms with van der Waals surface area (Å²) in [6.45, 7) is 4.77. The molecule has 11 heteroatoms. The van der Waals surface area contributed by atoms with Crippen molar-refractivity contribution in [3.05, 3.63) is 57.3 Å². The van der Waals surface area contributed by atoms with Gasteiger partial charge in [0.25, 0.3) is 6.17 Å². The van der Waals surface area contributed by atoms with E-state index >= 15 is 0 Å². The predicted octanol–water partition coefficient (Wildman–Crippen LogP) is 4.12. The van der Waals surface area contributed by atoms with E-state index in [9.17, 15) is 14.4 Å². The van der Waals surface area contributed by atoms with Gasteiger partial charge in [-0.05, 0) is 29.3 Å². The van der Waals surface area contributed by atoms with Crippen LogP contribution in [0.3, 0.4) is 0 Å². The first-order valence-electron chi connectivity index (χ1n) is 11.4. The normalized spacial score (nSPS) is 14.1. The van der Waals surface area contributed by atoms with Gasteiger partial charge in [-0.2, -0.15) is 0 Å². The van der Waals surface area contributed by atoms with Crippen LogP contribution in [0.15, 0.2) is 46.3 Å². The quantitative estimate of drug-likeness (QED) is 0.161. The monoisotopic (exact) mass is 529 g/mol. The SMILES string of the molecule is CCCCSc1n[n+]2c(c(=O)[nH]1)-c1ccccc1N(C(C)=O)[C@H]2c1cc(Cl)cc(OC)c1OC(C)=O. The Morgan fingerprint density at radius 2 is 2.00 bits per heavy atom. The number of nitrogens with one attached hydrogen (secondary N) is 1. The van der Waals surface area contributed by atoms with Crippen LogP contribution in [-0.4, -0.2) is 34.8 Å². The third-order valence-corrected chi connectivity index (χ3v) is 6.79. The molecule has 1 aliphatic rings. The van der Waals surface area contributed by atoms with Crippen LogP contribution in [0.25, 0.3) is 11.3 Å². The van der Waals surface area contributed by atoms with Gasteiger partial charge in [0.05, 0.1) is 23.9 Å². The van der Waals surface area contributed by atoms with Gasteiger partial charge in [0.2, 0.25) is 11.1 Å². The molecule has 0 saturated heterocycles. The fourth-order valence-electron chi connectivity index (χ4n) is 4.16. The summed E-state index contributed by atoms with van der Waals surface area (Å²) in [7, 11) is 1.42. The second-order valence-electron chi connectivity index (χ2n) is 8.15. The molecule has 1 atom stereocenters. The number of nitrogens with zero attached hydrogens (tertiary/aromatic N) is 3. The first-order chi connectivity index (χ1) is 17.3. The number of anilines is 1. The van der Waals surface area contributed by atoms with Crippen molar-refractivity contribution in [2.45, 2.75) is 44.9 Å². The fraction of sp³-hybridized carbons (Fsp3) is 0.320. The second-order valence-corrected chi connectivity index (χ2v) is 9.67. The van der Waals surface area contributed by atoms with E-state index in [0.717, 1.165) is 18.6 Å². The summed E-state index contributed by atoms with van der Waals surface area (Å²) in [5, 5.41) is 5.45. The Morgan fingerprint density at radius 3 is 2.67 bits per heavy atom. The number of unbranched alkanes of at least 4 members (excludes halogenated alkanes) is 1. The van der Waals surface area contributed by atoms with E-state index in [1.54, 1.807) is 30.3 Å². The van der Waals surface area contributed by atoms with Crippen molar-refractivity contribution in [1.29, 1.82) is 0 Å². The summed E-state index contributed by atoms with van der Waals surface area (Å²) in [4.78, 5) is 43.0. The number of benzene rings is 2. The van der Waals surface area contributed by atoms with E-state index in [1.165, 1.54) is 48.4 Å². The number of aromatic amines is 1. The number of amides is 1. The van der Waals surface area contributed by atoms with Gasteiger partial charge >= 0.3 is 17.2 Å². The smallest absolute Gasteiger partial charge is 0.325 e. The lowest BCUT2D eigenvalue weighted by Gasteiger charge is -2.32. The third kappa shape index (κ3) is 4.83. The minimum Gasteiger partial charge on any atom is -0.493 e. The van der Waals surface area contributed by atoms with Crippen molar-refractivity contribution in [3.63, 3.8) is 0 Å². The van der Waals surface area contributed by atoms with E-state index in [4.69, 9.17) is 26.2 Å². The maximum Gasteiger partial charge on any atom is 0.325 e. The number of fused-ring (bicyclic) bond motifs is 3. The predicted molar refractivity (Wildman–Crippen MR) is 137 cm³/mol. The molecule has 4 rings (SSSR count). The Hall–Kier alpha value is -3.37. The highest BCUT2D eigenvalue weighted by molar-refractivity contribution is 7.99. The topological polar surface area (TPSA) is 105 Å². The molecule has 1 aliphatic heterocycles. The molecule has 1 aromatic heterocycles. The van der Waals surface area contributed by atoms with E-state index < -0.39 is 12.1 Å². The summed E-state index contributed by atoms with van der Waals surface area (Å²) in [5.41, 5.74) is 1.31. The molecule has 188 valence electrons. The van der Waals surface area contributed by atoms with Crippen molar-refractivity contribution < 1.29 is 23.7 Å². The van der Waals surface area contributed by atoms with Gasteiger partial charge in [0.1, 0.15) is 0 Å². The third-order valence-electron chi connectivity index (χ3n) is 5.63. The molecule has 0 spiro atoms. The molecule has 3 aromatic rings. The Labute approximate surface area is 217 Å². The van der Waals surface area contributed by atoms with Gasteiger partial charge < -0.3 is 9.47 Å². The number of thioether (sulfide) groups is 1. The number of hydrogen-bond donors (Lipinski definition) is 1. The number of para-hydroxylation sites is 1. The lowest BCUT2D eigenvalue weighted by Crippen LogP contribution is -2.60. The second kappa shape index (κ2) is 10.7. The number of halogens is 1. The van der Waals surface area contributed by atoms with E-state index in [-0.39, 0.29) is 28.7 Å². The zero-order chi connectivity index (χ0) is 26.0. The minimum absolute atomic E-state index is 0.0887. The number of rotatable bonds is 7. The molecular formula is C25H26ClN4O5S+.